The molecule has 150 valence electrons. The Hall–Kier alpha value is -3.35. The molecule has 2 aromatic heterocycles. The second kappa shape index (κ2) is 9.23. The van der Waals surface area contributed by atoms with Crippen molar-refractivity contribution < 1.29 is 0 Å². The van der Waals surface area contributed by atoms with Gasteiger partial charge < -0.3 is 15.1 Å². The summed E-state index contributed by atoms with van der Waals surface area (Å²) >= 11 is 0. The van der Waals surface area contributed by atoms with Crippen molar-refractivity contribution in [2.75, 3.05) is 37.6 Å². The predicted molar refractivity (Wildman–Crippen MR) is 116 cm³/mol. The third-order valence-corrected chi connectivity index (χ3v) is 5.00. The number of pyridine rings is 1. The van der Waals surface area contributed by atoms with E-state index in [9.17, 15) is 0 Å². The van der Waals surface area contributed by atoms with Gasteiger partial charge in [0.1, 0.15) is 0 Å². The fourth-order valence-electron chi connectivity index (χ4n) is 3.50. The summed E-state index contributed by atoms with van der Waals surface area (Å²) in [6.45, 7) is 7.47. The summed E-state index contributed by atoms with van der Waals surface area (Å²) in [5.74, 6) is 1.78. The molecule has 4 rings (SSSR count). The molecule has 0 radical (unpaired) electrons. The van der Waals surface area contributed by atoms with Crippen LogP contribution in [0.25, 0.3) is 5.82 Å². The maximum Gasteiger partial charge on any atom is 0.194 e. The highest BCUT2D eigenvalue weighted by Gasteiger charge is 2.19. The van der Waals surface area contributed by atoms with Crippen molar-refractivity contribution in [1.82, 2.24) is 25.0 Å². The van der Waals surface area contributed by atoms with Gasteiger partial charge in [0.25, 0.3) is 0 Å². The number of benzene rings is 1. The van der Waals surface area contributed by atoms with Gasteiger partial charge in [-0.05, 0) is 42.8 Å². The van der Waals surface area contributed by atoms with E-state index in [1.807, 2.05) is 30.6 Å². The number of nitrogens with zero attached hydrogens (tertiary/aromatic N) is 6. The van der Waals surface area contributed by atoms with Crippen molar-refractivity contribution in [3.63, 3.8) is 0 Å². The Morgan fingerprint density at radius 1 is 1.03 bits per heavy atom. The molecular weight excluding hydrogens is 362 g/mol. The summed E-state index contributed by atoms with van der Waals surface area (Å²) in [6.07, 6.45) is 5.46. The van der Waals surface area contributed by atoms with Crippen LogP contribution in [-0.2, 0) is 6.54 Å². The lowest BCUT2D eigenvalue weighted by Gasteiger charge is -2.37. The number of rotatable bonds is 5. The third-order valence-electron chi connectivity index (χ3n) is 5.00. The van der Waals surface area contributed by atoms with Gasteiger partial charge in [0.2, 0.25) is 0 Å². The van der Waals surface area contributed by atoms with E-state index in [0.29, 0.717) is 6.54 Å². The molecule has 7 heteroatoms. The van der Waals surface area contributed by atoms with Crippen LogP contribution in [0.15, 0.2) is 72.1 Å². The molecule has 3 aromatic rings. The zero-order chi connectivity index (χ0) is 19.9. The molecule has 1 aromatic carbocycles. The first-order valence-corrected chi connectivity index (χ1v) is 10.1. The van der Waals surface area contributed by atoms with E-state index >= 15 is 0 Å². The van der Waals surface area contributed by atoms with Crippen LogP contribution in [0.2, 0.25) is 0 Å². The number of guanidine groups is 1. The topological polar surface area (TPSA) is 61.6 Å². The molecular formula is C22H27N7. The molecule has 0 amide bonds. The lowest BCUT2D eigenvalue weighted by atomic mass is 10.2. The molecule has 1 aliphatic heterocycles. The van der Waals surface area contributed by atoms with E-state index in [1.165, 1.54) is 5.69 Å². The van der Waals surface area contributed by atoms with E-state index in [4.69, 9.17) is 4.99 Å². The van der Waals surface area contributed by atoms with Crippen molar-refractivity contribution in [2.24, 2.45) is 4.99 Å². The minimum Gasteiger partial charge on any atom is -0.368 e. The zero-order valence-corrected chi connectivity index (χ0v) is 16.8. The van der Waals surface area contributed by atoms with Crippen LogP contribution in [0.5, 0.6) is 0 Å². The largest absolute Gasteiger partial charge is 0.368 e. The smallest absolute Gasteiger partial charge is 0.194 e. The van der Waals surface area contributed by atoms with Crippen LogP contribution in [0.3, 0.4) is 0 Å². The van der Waals surface area contributed by atoms with Gasteiger partial charge in [-0.2, -0.15) is 5.10 Å². The van der Waals surface area contributed by atoms with Gasteiger partial charge in [0.15, 0.2) is 11.8 Å². The van der Waals surface area contributed by atoms with Crippen LogP contribution in [-0.4, -0.2) is 58.3 Å². The number of piperazine rings is 1. The van der Waals surface area contributed by atoms with Crippen molar-refractivity contribution in [2.45, 2.75) is 13.5 Å². The van der Waals surface area contributed by atoms with E-state index in [2.05, 4.69) is 62.5 Å². The molecule has 1 N–H and O–H groups in total. The Morgan fingerprint density at radius 2 is 1.86 bits per heavy atom. The molecule has 7 nitrogen and oxygen atoms in total. The first-order valence-electron chi connectivity index (χ1n) is 10.1. The molecule has 0 atom stereocenters. The average Bonchev–Trinajstić information content (AvgIpc) is 3.33. The number of nitrogens with one attached hydrogen (secondary N) is 1. The summed E-state index contributed by atoms with van der Waals surface area (Å²) in [6, 6.07) is 16.5. The zero-order valence-electron chi connectivity index (χ0n) is 16.8. The fourth-order valence-corrected chi connectivity index (χ4v) is 3.50. The number of anilines is 1. The Labute approximate surface area is 171 Å². The van der Waals surface area contributed by atoms with Gasteiger partial charge in [0.05, 0.1) is 6.54 Å². The van der Waals surface area contributed by atoms with E-state index in [0.717, 1.165) is 50.1 Å². The van der Waals surface area contributed by atoms with Crippen LogP contribution in [0.4, 0.5) is 5.69 Å². The Balaban J connectivity index is 1.41. The highest BCUT2D eigenvalue weighted by atomic mass is 15.3. The van der Waals surface area contributed by atoms with Crippen molar-refractivity contribution in [3.05, 3.63) is 72.7 Å². The molecule has 0 bridgehead atoms. The van der Waals surface area contributed by atoms with Gasteiger partial charge in [0, 0.05) is 57.0 Å². The molecule has 0 unspecified atom stereocenters. The van der Waals surface area contributed by atoms with Crippen LogP contribution < -0.4 is 10.2 Å². The molecule has 29 heavy (non-hydrogen) atoms. The van der Waals surface area contributed by atoms with Gasteiger partial charge in [-0.25, -0.2) is 14.7 Å². The number of hydrogen-bond acceptors (Lipinski definition) is 4. The van der Waals surface area contributed by atoms with E-state index in [-0.39, 0.29) is 0 Å². The maximum absolute atomic E-state index is 4.88. The quantitative estimate of drug-likeness (QED) is 0.537. The molecule has 0 spiro atoms. The molecule has 1 aliphatic rings. The molecule has 1 fully saturated rings. The average molecular weight is 390 g/mol. The Kier molecular flexibility index (Phi) is 6.04. The lowest BCUT2D eigenvalue weighted by Crippen LogP contribution is -2.52. The standard InChI is InChI=1S/C22H27N7/c1-2-23-22(28-15-13-27(14-16-28)20-7-4-3-5-8-20)25-18-19-9-11-24-21(17-19)29-12-6-10-26-29/h3-12,17H,2,13-16,18H2,1H3,(H,23,25). The monoisotopic (exact) mass is 389 g/mol. The molecule has 0 saturated carbocycles. The van der Waals surface area contributed by atoms with Crippen LogP contribution in [0.1, 0.15) is 12.5 Å². The molecule has 3 heterocycles. The van der Waals surface area contributed by atoms with Gasteiger partial charge >= 0.3 is 0 Å². The van der Waals surface area contributed by atoms with Crippen molar-refractivity contribution >= 4 is 11.6 Å². The second-order valence-corrected chi connectivity index (χ2v) is 6.95. The summed E-state index contributed by atoms with van der Waals surface area (Å²) in [5.41, 5.74) is 2.40. The van der Waals surface area contributed by atoms with E-state index in [1.54, 1.807) is 10.9 Å². The van der Waals surface area contributed by atoms with Gasteiger partial charge in [-0.3, -0.25) is 0 Å². The Bertz CT molecular complexity index is 913. The van der Waals surface area contributed by atoms with Crippen LogP contribution >= 0.6 is 0 Å². The second-order valence-electron chi connectivity index (χ2n) is 6.95. The number of hydrogen-bond donors (Lipinski definition) is 1. The highest BCUT2D eigenvalue weighted by Crippen LogP contribution is 2.16. The van der Waals surface area contributed by atoms with Crippen molar-refractivity contribution in [1.29, 1.82) is 0 Å². The van der Waals surface area contributed by atoms with Crippen LogP contribution in [0, 0.1) is 0 Å². The number of aliphatic imine (C=N–C) groups is 1. The normalized spacial score (nSPS) is 14.9. The number of aromatic nitrogens is 3. The fraction of sp³-hybridized carbons (Fsp3) is 0.318. The van der Waals surface area contributed by atoms with Gasteiger partial charge in [-0.15, -0.1) is 0 Å². The summed E-state index contributed by atoms with van der Waals surface area (Å²) < 4.78 is 1.77. The predicted octanol–water partition coefficient (Wildman–Crippen LogP) is 2.56. The summed E-state index contributed by atoms with van der Waals surface area (Å²) in [4.78, 5) is 14.1. The molecule has 1 saturated heterocycles. The summed E-state index contributed by atoms with van der Waals surface area (Å²) in [5, 5.41) is 7.69. The first kappa shape index (κ1) is 19.0. The first-order chi connectivity index (χ1) is 14.3. The molecule has 0 aliphatic carbocycles. The van der Waals surface area contributed by atoms with E-state index < -0.39 is 0 Å². The third kappa shape index (κ3) is 4.74. The highest BCUT2D eigenvalue weighted by molar-refractivity contribution is 5.80. The van der Waals surface area contributed by atoms with Gasteiger partial charge in [-0.1, -0.05) is 18.2 Å². The minimum atomic E-state index is 0.609. The SMILES string of the molecule is CCNC(=NCc1ccnc(-n2cccn2)c1)N1CCN(c2ccccc2)CC1. The minimum absolute atomic E-state index is 0.609. The Morgan fingerprint density at radius 3 is 2.59 bits per heavy atom. The van der Waals surface area contributed by atoms with Crippen molar-refractivity contribution in [3.8, 4) is 5.82 Å². The summed E-state index contributed by atoms with van der Waals surface area (Å²) in [7, 11) is 0. The lowest BCUT2D eigenvalue weighted by molar-refractivity contribution is 0.372. The number of para-hydroxylation sites is 1. The maximum atomic E-state index is 4.88.